The minimum Gasteiger partial charge on any atom is -0.370 e. The fourth-order valence-electron chi connectivity index (χ4n) is 4.12. The third-order valence-electron chi connectivity index (χ3n) is 5.50. The topological polar surface area (TPSA) is 38.8 Å². The van der Waals surface area contributed by atoms with Gasteiger partial charge < -0.3 is 20.0 Å². The van der Waals surface area contributed by atoms with Crippen LogP contribution in [0.15, 0.2) is 18.2 Å². The summed E-state index contributed by atoms with van der Waals surface area (Å²) in [6.45, 7) is 5.08. The number of piperidine rings is 2. The molecule has 1 aromatic carbocycles. The highest BCUT2D eigenvalue weighted by molar-refractivity contribution is 6.31. The number of rotatable bonds is 4. The van der Waals surface area contributed by atoms with E-state index in [-0.39, 0.29) is 6.03 Å². The summed E-state index contributed by atoms with van der Waals surface area (Å²) in [6, 6.07) is 5.74. The van der Waals surface area contributed by atoms with Gasteiger partial charge in [-0.1, -0.05) is 11.6 Å². The van der Waals surface area contributed by atoms with Gasteiger partial charge in [-0.15, -0.1) is 0 Å². The number of nitrogens with one attached hydrogen (secondary N) is 1. The highest BCUT2D eigenvalue weighted by Crippen LogP contribution is 2.31. The molecule has 2 aliphatic heterocycles. The van der Waals surface area contributed by atoms with Gasteiger partial charge in [-0.2, -0.15) is 0 Å². The Bertz CT molecular complexity index is 618. The van der Waals surface area contributed by atoms with Crippen LogP contribution in [0, 0.1) is 5.92 Å². The maximum atomic E-state index is 12.8. The third kappa shape index (κ3) is 5.04. The molecule has 1 atom stereocenters. The molecule has 6 heteroatoms. The lowest BCUT2D eigenvalue weighted by molar-refractivity contribution is 0.170. The molecular weight excluding hydrogens is 348 g/mol. The molecule has 1 N–H and O–H groups in total. The smallest absolute Gasteiger partial charge is 0.321 e. The lowest BCUT2D eigenvalue weighted by Gasteiger charge is -2.33. The van der Waals surface area contributed by atoms with Crippen LogP contribution >= 0.6 is 11.6 Å². The molecule has 1 unspecified atom stereocenters. The van der Waals surface area contributed by atoms with Crippen molar-refractivity contribution < 1.29 is 4.79 Å². The summed E-state index contributed by atoms with van der Waals surface area (Å²) in [6.07, 6.45) is 6.09. The molecule has 26 heavy (non-hydrogen) atoms. The lowest BCUT2D eigenvalue weighted by atomic mass is 9.98. The minimum atomic E-state index is -0.0567. The van der Waals surface area contributed by atoms with Crippen molar-refractivity contribution in [3.63, 3.8) is 0 Å². The van der Waals surface area contributed by atoms with Gasteiger partial charge in [0.05, 0.1) is 11.4 Å². The van der Waals surface area contributed by atoms with Crippen LogP contribution in [-0.2, 0) is 0 Å². The molecular formula is C20H31ClN4O. The second-order valence-corrected chi connectivity index (χ2v) is 8.23. The molecule has 2 amide bonds. The van der Waals surface area contributed by atoms with Crippen molar-refractivity contribution in [2.45, 2.75) is 32.1 Å². The van der Waals surface area contributed by atoms with Gasteiger partial charge in [0.1, 0.15) is 0 Å². The number of benzene rings is 1. The Morgan fingerprint density at radius 3 is 2.73 bits per heavy atom. The van der Waals surface area contributed by atoms with Crippen LogP contribution in [0.1, 0.15) is 32.1 Å². The van der Waals surface area contributed by atoms with Gasteiger partial charge in [0, 0.05) is 38.2 Å². The maximum absolute atomic E-state index is 12.8. The second kappa shape index (κ2) is 8.96. The summed E-state index contributed by atoms with van der Waals surface area (Å²) in [5, 5.41) is 3.75. The molecule has 1 aromatic rings. The van der Waals surface area contributed by atoms with Crippen LogP contribution in [0.25, 0.3) is 0 Å². The fourth-order valence-corrected chi connectivity index (χ4v) is 4.29. The maximum Gasteiger partial charge on any atom is 0.321 e. The van der Waals surface area contributed by atoms with E-state index in [0.29, 0.717) is 10.9 Å². The molecule has 0 spiro atoms. The van der Waals surface area contributed by atoms with Crippen molar-refractivity contribution in [1.82, 2.24) is 9.80 Å². The summed E-state index contributed by atoms with van der Waals surface area (Å²) in [7, 11) is 4.04. The quantitative estimate of drug-likeness (QED) is 0.855. The largest absolute Gasteiger partial charge is 0.370 e. The molecule has 2 saturated heterocycles. The van der Waals surface area contributed by atoms with E-state index in [1.54, 1.807) is 0 Å². The first kappa shape index (κ1) is 19.3. The van der Waals surface area contributed by atoms with E-state index in [4.69, 9.17) is 11.6 Å². The van der Waals surface area contributed by atoms with E-state index in [2.05, 4.69) is 22.2 Å². The molecule has 2 fully saturated rings. The molecule has 0 radical (unpaired) electrons. The van der Waals surface area contributed by atoms with Crippen LogP contribution in [0.2, 0.25) is 5.02 Å². The molecule has 0 saturated carbocycles. The Kier molecular flexibility index (Phi) is 6.65. The van der Waals surface area contributed by atoms with Crippen LogP contribution in [0.5, 0.6) is 0 Å². The van der Waals surface area contributed by atoms with E-state index < -0.39 is 0 Å². The van der Waals surface area contributed by atoms with Gasteiger partial charge in [-0.25, -0.2) is 4.79 Å². The molecule has 3 rings (SSSR count). The Balaban J connectivity index is 1.65. The zero-order valence-electron chi connectivity index (χ0n) is 16.0. The SMILES string of the molecule is CN1CCCC(CN(C)C(=O)Nc2cc(Cl)ccc2N2CCCCC2)C1. The monoisotopic (exact) mass is 378 g/mol. The zero-order valence-corrected chi connectivity index (χ0v) is 16.8. The van der Waals surface area contributed by atoms with Crippen LogP contribution < -0.4 is 10.2 Å². The summed E-state index contributed by atoms with van der Waals surface area (Å²) >= 11 is 6.20. The standard InChI is InChI=1S/C20H31ClN4O/c1-23-10-6-7-16(14-23)15-24(2)20(26)22-18-13-17(21)8-9-19(18)25-11-4-3-5-12-25/h8-9,13,16H,3-7,10-12,14-15H2,1-2H3,(H,22,26). The number of halogens is 1. The van der Waals surface area contributed by atoms with Gasteiger partial charge >= 0.3 is 6.03 Å². The molecule has 0 aromatic heterocycles. The van der Waals surface area contributed by atoms with E-state index in [9.17, 15) is 4.79 Å². The molecule has 2 aliphatic rings. The highest BCUT2D eigenvalue weighted by Gasteiger charge is 2.22. The van der Waals surface area contributed by atoms with Gasteiger partial charge in [-0.3, -0.25) is 0 Å². The number of likely N-dealkylation sites (tertiary alicyclic amines) is 1. The third-order valence-corrected chi connectivity index (χ3v) is 5.73. The number of hydrogen-bond acceptors (Lipinski definition) is 3. The van der Waals surface area contributed by atoms with Crippen LogP contribution in [0.3, 0.4) is 0 Å². The predicted molar refractivity (Wildman–Crippen MR) is 109 cm³/mol. The number of carbonyl (C=O) groups is 1. The van der Waals surface area contributed by atoms with Crippen LogP contribution in [-0.4, -0.2) is 62.7 Å². The van der Waals surface area contributed by atoms with Gasteiger partial charge in [0.15, 0.2) is 0 Å². The number of carbonyl (C=O) groups excluding carboxylic acids is 1. The first-order valence-electron chi connectivity index (χ1n) is 9.78. The second-order valence-electron chi connectivity index (χ2n) is 7.79. The van der Waals surface area contributed by atoms with E-state index >= 15 is 0 Å². The molecule has 0 aliphatic carbocycles. The van der Waals surface area contributed by atoms with Gasteiger partial charge in [0.25, 0.3) is 0 Å². The summed E-state index contributed by atoms with van der Waals surface area (Å²) in [5.74, 6) is 0.547. The fraction of sp³-hybridized carbons (Fsp3) is 0.650. The van der Waals surface area contributed by atoms with Crippen molar-refractivity contribution >= 4 is 29.0 Å². The number of urea groups is 1. The highest BCUT2D eigenvalue weighted by atomic mass is 35.5. The number of nitrogens with zero attached hydrogens (tertiary/aromatic N) is 3. The van der Waals surface area contributed by atoms with Gasteiger partial charge in [-0.05, 0) is 69.8 Å². The van der Waals surface area contributed by atoms with Crippen molar-refractivity contribution in [1.29, 1.82) is 0 Å². The van der Waals surface area contributed by atoms with Crippen molar-refractivity contribution in [2.75, 3.05) is 57.0 Å². The number of amides is 2. The van der Waals surface area contributed by atoms with Gasteiger partial charge in [0.2, 0.25) is 0 Å². The number of anilines is 2. The molecule has 5 nitrogen and oxygen atoms in total. The zero-order chi connectivity index (χ0) is 18.5. The van der Waals surface area contributed by atoms with Crippen LogP contribution in [0.4, 0.5) is 16.2 Å². The first-order valence-corrected chi connectivity index (χ1v) is 10.2. The summed E-state index contributed by atoms with van der Waals surface area (Å²) in [4.78, 5) is 19.3. The van der Waals surface area contributed by atoms with Crippen molar-refractivity contribution in [3.05, 3.63) is 23.2 Å². The lowest BCUT2D eigenvalue weighted by Crippen LogP contribution is -2.41. The average molecular weight is 379 g/mol. The van der Waals surface area contributed by atoms with Crippen molar-refractivity contribution in [2.24, 2.45) is 5.92 Å². The van der Waals surface area contributed by atoms with E-state index in [1.807, 2.05) is 30.1 Å². The molecule has 0 bridgehead atoms. The molecule has 2 heterocycles. The summed E-state index contributed by atoms with van der Waals surface area (Å²) in [5.41, 5.74) is 1.89. The van der Waals surface area contributed by atoms with Crippen molar-refractivity contribution in [3.8, 4) is 0 Å². The summed E-state index contributed by atoms with van der Waals surface area (Å²) < 4.78 is 0. The Labute approximate surface area is 162 Å². The Morgan fingerprint density at radius 1 is 1.23 bits per heavy atom. The predicted octanol–water partition coefficient (Wildman–Crippen LogP) is 4.14. The van der Waals surface area contributed by atoms with E-state index in [1.165, 1.54) is 32.1 Å². The Hall–Kier alpha value is -1.46. The molecule has 144 valence electrons. The normalized spacial score (nSPS) is 21.5. The Morgan fingerprint density at radius 2 is 2.00 bits per heavy atom. The number of hydrogen-bond donors (Lipinski definition) is 1. The van der Waals surface area contributed by atoms with E-state index in [0.717, 1.165) is 44.1 Å². The minimum absolute atomic E-state index is 0.0567. The first-order chi connectivity index (χ1) is 12.5. The average Bonchev–Trinajstić information content (AvgIpc) is 2.62.